The molecule has 0 aliphatic carbocycles. The van der Waals surface area contributed by atoms with E-state index < -0.39 is 0 Å². The van der Waals surface area contributed by atoms with Crippen molar-refractivity contribution in [2.24, 2.45) is 5.73 Å². The topological polar surface area (TPSA) is 50.5 Å². The van der Waals surface area contributed by atoms with Gasteiger partial charge < -0.3 is 15.8 Å². The maximum absolute atomic E-state index is 5.94. The third-order valence-electron chi connectivity index (χ3n) is 3.39. The van der Waals surface area contributed by atoms with Crippen LogP contribution in [0.3, 0.4) is 0 Å². The summed E-state index contributed by atoms with van der Waals surface area (Å²) < 4.78 is 5.46. The van der Waals surface area contributed by atoms with E-state index >= 15 is 0 Å². The molecule has 1 aliphatic heterocycles. The number of hydrogen-bond acceptors (Lipinski definition) is 4. The highest BCUT2D eigenvalue weighted by Crippen LogP contribution is 2.22. The van der Waals surface area contributed by atoms with E-state index in [2.05, 4.69) is 22.3 Å². The molecule has 0 spiro atoms. The molecule has 1 fully saturated rings. The van der Waals surface area contributed by atoms with Gasteiger partial charge in [-0.3, -0.25) is 4.90 Å². The molecule has 3 N–H and O–H groups in total. The summed E-state index contributed by atoms with van der Waals surface area (Å²) in [5, 5.41) is 3.37. The average molecular weight is 249 g/mol. The monoisotopic (exact) mass is 249 g/mol. The van der Waals surface area contributed by atoms with Gasteiger partial charge in [-0.25, -0.2) is 0 Å². The van der Waals surface area contributed by atoms with Crippen LogP contribution in [0.4, 0.5) is 0 Å². The van der Waals surface area contributed by atoms with Crippen LogP contribution in [-0.4, -0.2) is 44.2 Å². The van der Waals surface area contributed by atoms with Gasteiger partial charge in [0.25, 0.3) is 0 Å². The number of benzene rings is 1. The Morgan fingerprint density at radius 2 is 1.94 bits per heavy atom. The molecule has 0 saturated carbocycles. The van der Waals surface area contributed by atoms with Crippen molar-refractivity contribution in [1.82, 2.24) is 10.2 Å². The first-order chi connectivity index (χ1) is 8.85. The molecule has 18 heavy (non-hydrogen) atoms. The largest absolute Gasteiger partial charge is 0.494 e. The molecule has 1 aliphatic rings. The first-order valence-electron chi connectivity index (χ1n) is 6.72. The molecule has 1 saturated heterocycles. The van der Waals surface area contributed by atoms with Crippen LogP contribution >= 0.6 is 0 Å². The molecule has 4 nitrogen and oxygen atoms in total. The third kappa shape index (κ3) is 3.22. The van der Waals surface area contributed by atoms with Gasteiger partial charge in [0.15, 0.2) is 0 Å². The number of piperazine rings is 1. The number of nitrogens with zero attached hydrogens (tertiary/aromatic N) is 1. The molecule has 0 bridgehead atoms. The van der Waals surface area contributed by atoms with Crippen LogP contribution in [0.25, 0.3) is 0 Å². The maximum atomic E-state index is 5.94. The SMILES string of the molecule is CCOc1ccc(C(CN)N2CCNCC2)cc1. The Morgan fingerprint density at radius 3 is 2.50 bits per heavy atom. The highest BCUT2D eigenvalue weighted by atomic mass is 16.5. The molecule has 1 atom stereocenters. The van der Waals surface area contributed by atoms with Gasteiger partial charge in [-0.1, -0.05) is 12.1 Å². The van der Waals surface area contributed by atoms with Gasteiger partial charge in [0, 0.05) is 38.8 Å². The Kier molecular flexibility index (Phi) is 4.99. The molecule has 1 unspecified atom stereocenters. The summed E-state index contributed by atoms with van der Waals surface area (Å²) in [6.45, 7) is 7.59. The summed E-state index contributed by atoms with van der Waals surface area (Å²) in [6, 6.07) is 8.64. The minimum atomic E-state index is 0.322. The fraction of sp³-hybridized carbons (Fsp3) is 0.571. The molecule has 4 heteroatoms. The number of nitrogens with one attached hydrogen (secondary N) is 1. The van der Waals surface area contributed by atoms with Gasteiger partial charge in [-0.05, 0) is 24.6 Å². The Morgan fingerprint density at radius 1 is 1.28 bits per heavy atom. The zero-order valence-electron chi connectivity index (χ0n) is 11.1. The van der Waals surface area contributed by atoms with Crippen molar-refractivity contribution in [3.05, 3.63) is 29.8 Å². The second kappa shape index (κ2) is 6.73. The Labute approximate surface area is 109 Å². The third-order valence-corrected chi connectivity index (χ3v) is 3.39. The van der Waals surface area contributed by atoms with Crippen molar-refractivity contribution < 1.29 is 4.74 Å². The van der Waals surface area contributed by atoms with Crippen molar-refractivity contribution in [3.63, 3.8) is 0 Å². The summed E-state index contributed by atoms with van der Waals surface area (Å²) in [6.07, 6.45) is 0. The van der Waals surface area contributed by atoms with Crippen molar-refractivity contribution in [2.45, 2.75) is 13.0 Å². The van der Waals surface area contributed by atoms with Crippen LogP contribution in [0.15, 0.2) is 24.3 Å². The summed E-state index contributed by atoms with van der Waals surface area (Å²) in [7, 11) is 0. The molecule has 2 rings (SSSR count). The normalized spacial score (nSPS) is 18.6. The van der Waals surface area contributed by atoms with Crippen LogP contribution in [0.1, 0.15) is 18.5 Å². The Hall–Kier alpha value is -1.10. The highest BCUT2D eigenvalue weighted by Gasteiger charge is 2.20. The molecule has 1 heterocycles. The van der Waals surface area contributed by atoms with E-state index in [0.717, 1.165) is 31.9 Å². The van der Waals surface area contributed by atoms with Crippen LogP contribution in [0.5, 0.6) is 5.75 Å². The standard InChI is InChI=1S/C14H23N3O/c1-2-18-13-5-3-12(4-6-13)14(11-15)17-9-7-16-8-10-17/h3-6,14,16H,2,7-11,15H2,1H3. The number of hydrogen-bond donors (Lipinski definition) is 2. The number of ether oxygens (including phenoxy) is 1. The summed E-state index contributed by atoms with van der Waals surface area (Å²) >= 11 is 0. The van der Waals surface area contributed by atoms with Crippen LogP contribution in [-0.2, 0) is 0 Å². The van der Waals surface area contributed by atoms with Crippen molar-refractivity contribution in [3.8, 4) is 5.75 Å². The van der Waals surface area contributed by atoms with Gasteiger partial charge in [0.05, 0.1) is 6.61 Å². The zero-order valence-corrected chi connectivity index (χ0v) is 11.1. The molecular weight excluding hydrogens is 226 g/mol. The molecule has 1 aromatic carbocycles. The summed E-state index contributed by atoms with van der Waals surface area (Å²) in [4.78, 5) is 2.45. The molecule has 1 aromatic rings. The minimum Gasteiger partial charge on any atom is -0.494 e. The average Bonchev–Trinajstić information content (AvgIpc) is 2.43. The fourth-order valence-electron chi connectivity index (χ4n) is 2.44. The molecular formula is C14H23N3O. The smallest absolute Gasteiger partial charge is 0.119 e. The predicted molar refractivity (Wildman–Crippen MR) is 73.8 cm³/mol. The first-order valence-corrected chi connectivity index (χ1v) is 6.72. The lowest BCUT2D eigenvalue weighted by molar-refractivity contribution is 0.178. The number of nitrogens with two attached hydrogens (primary N) is 1. The first kappa shape index (κ1) is 13.3. The maximum Gasteiger partial charge on any atom is 0.119 e. The highest BCUT2D eigenvalue weighted by molar-refractivity contribution is 5.29. The predicted octanol–water partition coefficient (Wildman–Crippen LogP) is 0.990. The van der Waals surface area contributed by atoms with E-state index in [-0.39, 0.29) is 0 Å². The van der Waals surface area contributed by atoms with Crippen molar-refractivity contribution in [2.75, 3.05) is 39.3 Å². The van der Waals surface area contributed by atoms with Crippen molar-refractivity contribution in [1.29, 1.82) is 0 Å². The van der Waals surface area contributed by atoms with E-state index in [0.29, 0.717) is 19.2 Å². The van der Waals surface area contributed by atoms with E-state index in [1.165, 1.54) is 5.56 Å². The quantitative estimate of drug-likeness (QED) is 0.817. The lowest BCUT2D eigenvalue weighted by Crippen LogP contribution is -2.46. The lowest BCUT2D eigenvalue weighted by atomic mass is 10.0. The lowest BCUT2D eigenvalue weighted by Gasteiger charge is -2.34. The van der Waals surface area contributed by atoms with E-state index in [4.69, 9.17) is 10.5 Å². The van der Waals surface area contributed by atoms with Crippen molar-refractivity contribution >= 4 is 0 Å². The summed E-state index contributed by atoms with van der Waals surface area (Å²) in [5.41, 5.74) is 7.22. The second-order valence-corrected chi connectivity index (χ2v) is 4.54. The molecule has 0 amide bonds. The van der Waals surface area contributed by atoms with Gasteiger partial charge in [-0.15, -0.1) is 0 Å². The van der Waals surface area contributed by atoms with E-state index in [1.807, 2.05) is 19.1 Å². The Bertz CT molecular complexity index is 347. The van der Waals surface area contributed by atoms with Crippen LogP contribution in [0.2, 0.25) is 0 Å². The molecule has 0 aromatic heterocycles. The summed E-state index contributed by atoms with van der Waals surface area (Å²) in [5.74, 6) is 0.928. The molecule has 100 valence electrons. The van der Waals surface area contributed by atoms with Crippen LogP contribution < -0.4 is 15.8 Å². The number of rotatable bonds is 5. The second-order valence-electron chi connectivity index (χ2n) is 4.54. The zero-order chi connectivity index (χ0) is 12.8. The van der Waals surface area contributed by atoms with Crippen LogP contribution in [0, 0.1) is 0 Å². The minimum absolute atomic E-state index is 0.322. The fourth-order valence-corrected chi connectivity index (χ4v) is 2.44. The van der Waals surface area contributed by atoms with Gasteiger partial charge in [-0.2, -0.15) is 0 Å². The van der Waals surface area contributed by atoms with Gasteiger partial charge in [0.2, 0.25) is 0 Å². The van der Waals surface area contributed by atoms with Gasteiger partial charge in [0.1, 0.15) is 5.75 Å². The van der Waals surface area contributed by atoms with E-state index in [1.54, 1.807) is 0 Å². The molecule has 0 radical (unpaired) electrons. The van der Waals surface area contributed by atoms with E-state index in [9.17, 15) is 0 Å². The van der Waals surface area contributed by atoms with Gasteiger partial charge >= 0.3 is 0 Å². The Balaban J connectivity index is 2.06.